The minimum Gasteiger partial charge on any atom is -0.459 e. The molecule has 2 aliphatic rings. The number of piperidine rings is 1. The summed E-state index contributed by atoms with van der Waals surface area (Å²) in [6.45, 7) is 3.63. The number of ether oxygens (including phenoxy) is 1. The summed E-state index contributed by atoms with van der Waals surface area (Å²) < 4.78 is 11.0. The van der Waals surface area contributed by atoms with Gasteiger partial charge in [-0.3, -0.25) is 4.79 Å². The van der Waals surface area contributed by atoms with Gasteiger partial charge >= 0.3 is 0 Å². The Morgan fingerprint density at radius 1 is 1.53 bits per heavy atom. The van der Waals surface area contributed by atoms with Gasteiger partial charge in [-0.2, -0.15) is 0 Å². The molecule has 4 nitrogen and oxygen atoms in total. The van der Waals surface area contributed by atoms with Crippen LogP contribution in [0.25, 0.3) is 0 Å². The third-order valence-electron chi connectivity index (χ3n) is 3.76. The maximum Gasteiger partial charge on any atom is 0.289 e. The smallest absolute Gasteiger partial charge is 0.289 e. The lowest BCUT2D eigenvalue weighted by atomic mass is 9.92. The Labute approximate surface area is 101 Å². The summed E-state index contributed by atoms with van der Waals surface area (Å²) in [5, 5.41) is 0. The average Bonchev–Trinajstić information content (AvgIpc) is 2.94. The molecule has 1 aromatic rings. The van der Waals surface area contributed by atoms with Crippen molar-refractivity contribution in [3.8, 4) is 0 Å². The molecule has 0 N–H and O–H groups in total. The molecule has 3 rings (SSSR count). The highest BCUT2D eigenvalue weighted by molar-refractivity contribution is 5.91. The van der Waals surface area contributed by atoms with Gasteiger partial charge in [0, 0.05) is 13.1 Å². The third kappa shape index (κ3) is 1.97. The van der Waals surface area contributed by atoms with Crippen molar-refractivity contribution >= 4 is 5.91 Å². The van der Waals surface area contributed by atoms with E-state index in [2.05, 4.69) is 6.92 Å². The van der Waals surface area contributed by atoms with Crippen LogP contribution in [0.4, 0.5) is 0 Å². The maximum atomic E-state index is 12.1. The van der Waals surface area contributed by atoms with E-state index in [4.69, 9.17) is 9.15 Å². The van der Waals surface area contributed by atoms with Crippen LogP contribution < -0.4 is 0 Å². The topological polar surface area (TPSA) is 42.7 Å². The Morgan fingerprint density at radius 2 is 2.41 bits per heavy atom. The molecule has 0 spiro atoms. The molecule has 0 aliphatic carbocycles. The molecule has 2 fully saturated rings. The van der Waals surface area contributed by atoms with Crippen LogP contribution in [0.1, 0.15) is 30.3 Å². The fraction of sp³-hybridized carbons (Fsp3) is 0.615. The second-order valence-electron chi connectivity index (χ2n) is 5.00. The van der Waals surface area contributed by atoms with Gasteiger partial charge in [0.1, 0.15) is 0 Å². The molecule has 0 aromatic carbocycles. The number of hydrogen-bond acceptors (Lipinski definition) is 3. The summed E-state index contributed by atoms with van der Waals surface area (Å²) in [6.07, 6.45) is 4.27. The lowest BCUT2D eigenvalue weighted by molar-refractivity contribution is 0.000628. The zero-order valence-corrected chi connectivity index (χ0v) is 9.96. The molecule has 4 heteroatoms. The van der Waals surface area contributed by atoms with Crippen molar-refractivity contribution in [2.24, 2.45) is 5.92 Å². The van der Waals surface area contributed by atoms with Gasteiger partial charge in [0.2, 0.25) is 0 Å². The van der Waals surface area contributed by atoms with E-state index in [1.165, 1.54) is 6.26 Å². The zero-order valence-electron chi connectivity index (χ0n) is 9.96. The number of fused-ring (bicyclic) bond motifs is 1. The van der Waals surface area contributed by atoms with Gasteiger partial charge in [0.15, 0.2) is 5.76 Å². The Hall–Kier alpha value is -1.29. The van der Waals surface area contributed by atoms with Crippen LogP contribution in [0.2, 0.25) is 0 Å². The van der Waals surface area contributed by atoms with Gasteiger partial charge < -0.3 is 14.1 Å². The Morgan fingerprint density at radius 3 is 3.18 bits per heavy atom. The number of furan rings is 1. The van der Waals surface area contributed by atoms with E-state index in [1.54, 1.807) is 12.1 Å². The van der Waals surface area contributed by atoms with Crippen LogP contribution in [-0.4, -0.2) is 36.1 Å². The first-order chi connectivity index (χ1) is 8.24. The van der Waals surface area contributed by atoms with Gasteiger partial charge in [-0.05, 0) is 37.8 Å². The third-order valence-corrected chi connectivity index (χ3v) is 3.76. The molecule has 1 aromatic heterocycles. The van der Waals surface area contributed by atoms with Gasteiger partial charge in [-0.25, -0.2) is 0 Å². The number of nitrogens with zero attached hydrogens (tertiary/aromatic N) is 1. The first-order valence-corrected chi connectivity index (χ1v) is 6.22. The predicted molar refractivity (Wildman–Crippen MR) is 61.7 cm³/mol. The van der Waals surface area contributed by atoms with E-state index in [0.29, 0.717) is 24.3 Å². The number of carbonyl (C=O) groups is 1. The summed E-state index contributed by atoms with van der Waals surface area (Å²) in [5.41, 5.74) is 0. The SMILES string of the molecule is C[C@H]1C[C@@H]2CCN(C(=O)c3ccco3)C[C@H]2O1. The van der Waals surface area contributed by atoms with Crippen molar-refractivity contribution in [3.63, 3.8) is 0 Å². The van der Waals surface area contributed by atoms with Crippen LogP contribution in [0.5, 0.6) is 0 Å². The zero-order chi connectivity index (χ0) is 11.8. The second kappa shape index (κ2) is 4.18. The molecule has 3 atom stereocenters. The fourth-order valence-corrected chi connectivity index (χ4v) is 2.91. The van der Waals surface area contributed by atoms with Gasteiger partial charge in [-0.1, -0.05) is 0 Å². The van der Waals surface area contributed by atoms with Gasteiger partial charge in [0.25, 0.3) is 5.91 Å². The maximum absolute atomic E-state index is 12.1. The van der Waals surface area contributed by atoms with E-state index in [-0.39, 0.29) is 12.0 Å². The average molecular weight is 235 g/mol. The van der Waals surface area contributed by atoms with Gasteiger partial charge in [-0.15, -0.1) is 0 Å². The van der Waals surface area contributed by atoms with Crippen molar-refractivity contribution in [2.45, 2.75) is 32.0 Å². The molecule has 2 aliphatic heterocycles. The van der Waals surface area contributed by atoms with E-state index in [0.717, 1.165) is 19.4 Å². The van der Waals surface area contributed by atoms with E-state index in [9.17, 15) is 4.79 Å². The molecular weight excluding hydrogens is 218 g/mol. The largest absolute Gasteiger partial charge is 0.459 e. The van der Waals surface area contributed by atoms with Crippen LogP contribution in [0.15, 0.2) is 22.8 Å². The van der Waals surface area contributed by atoms with Crippen LogP contribution in [0.3, 0.4) is 0 Å². The predicted octanol–water partition coefficient (Wildman–Crippen LogP) is 1.92. The van der Waals surface area contributed by atoms with Crippen LogP contribution in [0, 0.1) is 5.92 Å². The Kier molecular flexibility index (Phi) is 2.67. The molecule has 0 unspecified atom stereocenters. The van der Waals surface area contributed by atoms with E-state index in [1.807, 2.05) is 4.90 Å². The van der Waals surface area contributed by atoms with Crippen LogP contribution >= 0.6 is 0 Å². The van der Waals surface area contributed by atoms with E-state index >= 15 is 0 Å². The quantitative estimate of drug-likeness (QED) is 0.747. The van der Waals surface area contributed by atoms with Crippen LogP contribution in [-0.2, 0) is 4.74 Å². The normalized spacial score (nSPS) is 32.5. The molecule has 0 radical (unpaired) electrons. The minimum atomic E-state index is -0.0170. The summed E-state index contributed by atoms with van der Waals surface area (Å²) in [5.74, 6) is 1.04. The molecule has 17 heavy (non-hydrogen) atoms. The second-order valence-corrected chi connectivity index (χ2v) is 5.00. The molecule has 1 amide bonds. The number of rotatable bonds is 1. The lowest BCUT2D eigenvalue weighted by Gasteiger charge is -2.33. The first-order valence-electron chi connectivity index (χ1n) is 6.22. The molecule has 2 saturated heterocycles. The number of hydrogen-bond donors (Lipinski definition) is 0. The lowest BCUT2D eigenvalue weighted by Crippen LogP contribution is -2.45. The highest BCUT2D eigenvalue weighted by atomic mass is 16.5. The van der Waals surface area contributed by atoms with Crippen molar-refractivity contribution in [1.82, 2.24) is 4.90 Å². The minimum absolute atomic E-state index is 0.0170. The van der Waals surface area contributed by atoms with E-state index < -0.39 is 0 Å². The van der Waals surface area contributed by atoms with Crippen molar-refractivity contribution < 1.29 is 13.9 Å². The first kappa shape index (κ1) is 10.8. The Balaban J connectivity index is 1.69. The molecule has 0 bridgehead atoms. The fourth-order valence-electron chi connectivity index (χ4n) is 2.91. The molecular formula is C13H17NO3. The highest BCUT2D eigenvalue weighted by Gasteiger charge is 2.39. The number of likely N-dealkylation sites (tertiary alicyclic amines) is 1. The summed E-state index contributed by atoms with van der Waals surface area (Å²) in [6, 6.07) is 3.46. The van der Waals surface area contributed by atoms with Crippen molar-refractivity contribution in [3.05, 3.63) is 24.2 Å². The van der Waals surface area contributed by atoms with Crippen molar-refractivity contribution in [2.75, 3.05) is 13.1 Å². The number of amides is 1. The summed E-state index contributed by atoms with van der Waals surface area (Å²) >= 11 is 0. The molecule has 92 valence electrons. The monoisotopic (exact) mass is 235 g/mol. The van der Waals surface area contributed by atoms with Gasteiger partial charge in [0.05, 0.1) is 18.5 Å². The summed E-state index contributed by atoms with van der Waals surface area (Å²) in [4.78, 5) is 14.0. The number of carbonyl (C=O) groups excluding carboxylic acids is 1. The molecule has 3 heterocycles. The Bertz CT molecular complexity index is 401. The standard InChI is InChI=1S/C13H17NO3/c1-9-7-10-4-5-14(8-12(10)17-9)13(15)11-3-2-6-16-11/h2-3,6,9-10,12H,4-5,7-8H2,1H3/t9-,10-,12+/m0/s1. The highest BCUT2D eigenvalue weighted by Crippen LogP contribution is 2.33. The molecule has 0 saturated carbocycles. The van der Waals surface area contributed by atoms with Crippen molar-refractivity contribution in [1.29, 1.82) is 0 Å². The summed E-state index contributed by atoms with van der Waals surface area (Å²) in [7, 11) is 0.